The SMILES string of the molecule is C=CCO[C@@H](CC(=C)C)[C@H]1OC(C)(C)O[C@@H]1[C@H](CC(=C)C)OCC=C. The van der Waals surface area contributed by atoms with E-state index in [4.69, 9.17) is 18.9 Å². The molecule has 4 heteroatoms. The lowest BCUT2D eigenvalue weighted by Crippen LogP contribution is -2.45. The van der Waals surface area contributed by atoms with Gasteiger partial charge in [0.15, 0.2) is 5.79 Å². The van der Waals surface area contributed by atoms with Crippen molar-refractivity contribution in [1.29, 1.82) is 0 Å². The first kappa shape index (κ1) is 21.8. The van der Waals surface area contributed by atoms with E-state index >= 15 is 0 Å². The lowest BCUT2D eigenvalue weighted by molar-refractivity contribution is -0.164. The molecule has 0 aromatic heterocycles. The summed E-state index contributed by atoms with van der Waals surface area (Å²) in [5, 5.41) is 0. The molecule has 0 saturated carbocycles. The molecule has 0 spiro atoms. The van der Waals surface area contributed by atoms with Gasteiger partial charge in [-0.3, -0.25) is 0 Å². The van der Waals surface area contributed by atoms with Gasteiger partial charge in [0.1, 0.15) is 12.2 Å². The smallest absolute Gasteiger partial charge is 0.164 e. The molecule has 142 valence electrons. The summed E-state index contributed by atoms with van der Waals surface area (Å²) in [6, 6.07) is 0. The standard InChI is InChI=1S/C21H34O4/c1-9-11-22-17(13-15(3)4)19-20(25-21(7,8)24-19)18(14-16(5)6)23-12-10-2/h9-10,17-20H,1-3,5,11-14H2,4,6-8H3/t17-,18-,19+,20+/m0/s1. The minimum atomic E-state index is -0.703. The van der Waals surface area contributed by atoms with Gasteiger partial charge in [-0.25, -0.2) is 0 Å². The van der Waals surface area contributed by atoms with Crippen LogP contribution in [-0.4, -0.2) is 43.4 Å². The third kappa shape index (κ3) is 7.28. The van der Waals surface area contributed by atoms with E-state index in [-0.39, 0.29) is 24.4 Å². The van der Waals surface area contributed by atoms with Gasteiger partial charge >= 0.3 is 0 Å². The minimum Gasteiger partial charge on any atom is -0.371 e. The molecule has 0 aromatic rings. The van der Waals surface area contributed by atoms with Crippen LogP contribution in [0.3, 0.4) is 0 Å². The van der Waals surface area contributed by atoms with Crippen molar-refractivity contribution in [2.45, 2.75) is 70.7 Å². The molecule has 0 unspecified atom stereocenters. The van der Waals surface area contributed by atoms with E-state index in [2.05, 4.69) is 26.3 Å². The van der Waals surface area contributed by atoms with Crippen molar-refractivity contribution in [1.82, 2.24) is 0 Å². The highest BCUT2D eigenvalue weighted by Gasteiger charge is 2.49. The predicted octanol–water partition coefficient (Wildman–Crippen LogP) is 4.58. The Balaban J connectivity index is 3.06. The van der Waals surface area contributed by atoms with Gasteiger partial charge in [-0.2, -0.15) is 0 Å². The number of hydrogen-bond donors (Lipinski definition) is 0. The van der Waals surface area contributed by atoms with Crippen LogP contribution in [0.15, 0.2) is 49.6 Å². The van der Waals surface area contributed by atoms with Crippen molar-refractivity contribution in [3.05, 3.63) is 49.6 Å². The second kappa shape index (κ2) is 10.1. The van der Waals surface area contributed by atoms with E-state index in [0.717, 1.165) is 11.1 Å². The van der Waals surface area contributed by atoms with Crippen LogP contribution in [0.25, 0.3) is 0 Å². The van der Waals surface area contributed by atoms with Gasteiger partial charge in [0.2, 0.25) is 0 Å². The highest BCUT2D eigenvalue weighted by molar-refractivity contribution is 5.02. The summed E-state index contributed by atoms with van der Waals surface area (Å²) < 4.78 is 24.4. The molecule has 1 rings (SSSR count). The molecule has 4 nitrogen and oxygen atoms in total. The first-order valence-corrected chi connectivity index (χ1v) is 8.79. The fourth-order valence-corrected chi connectivity index (χ4v) is 3.00. The summed E-state index contributed by atoms with van der Waals surface area (Å²) in [6.07, 6.45) is 3.97. The largest absolute Gasteiger partial charge is 0.371 e. The Labute approximate surface area is 153 Å². The highest BCUT2D eigenvalue weighted by atomic mass is 16.8. The van der Waals surface area contributed by atoms with Crippen LogP contribution in [0.1, 0.15) is 40.5 Å². The first-order valence-electron chi connectivity index (χ1n) is 8.79. The predicted molar refractivity (Wildman–Crippen MR) is 103 cm³/mol. The molecule has 0 aromatic carbocycles. The summed E-state index contributed by atoms with van der Waals surface area (Å²) >= 11 is 0. The van der Waals surface area contributed by atoms with Crippen molar-refractivity contribution < 1.29 is 18.9 Å². The highest BCUT2D eigenvalue weighted by Crippen LogP contribution is 2.36. The van der Waals surface area contributed by atoms with Crippen LogP contribution in [0.4, 0.5) is 0 Å². The maximum Gasteiger partial charge on any atom is 0.164 e. The van der Waals surface area contributed by atoms with E-state index in [1.165, 1.54) is 0 Å². The van der Waals surface area contributed by atoms with E-state index in [1.807, 2.05) is 27.7 Å². The van der Waals surface area contributed by atoms with Gasteiger partial charge in [0, 0.05) is 0 Å². The fraction of sp³-hybridized carbons (Fsp3) is 0.619. The Morgan fingerprint density at radius 3 is 1.56 bits per heavy atom. The third-order valence-corrected chi connectivity index (χ3v) is 3.85. The van der Waals surface area contributed by atoms with Crippen LogP contribution in [0, 0.1) is 0 Å². The zero-order chi connectivity index (χ0) is 19.0. The number of hydrogen-bond acceptors (Lipinski definition) is 4. The number of rotatable bonds is 12. The van der Waals surface area contributed by atoms with Crippen LogP contribution in [0.5, 0.6) is 0 Å². The Bertz CT molecular complexity index is 438. The summed E-state index contributed by atoms with van der Waals surface area (Å²) in [6.45, 7) is 24.2. The van der Waals surface area contributed by atoms with Crippen molar-refractivity contribution in [3.63, 3.8) is 0 Å². The lowest BCUT2D eigenvalue weighted by atomic mass is 9.95. The molecule has 1 saturated heterocycles. The van der Waals surface area contributed by atoms with E-state index < -0.39 is 5.79 Å². The van der Waals surface area contributed by atoms with Gasteiger partial charge in [-0.1, -0.05) is 23.3 Å². The van der Waals surface area contributed by atoms with Gasteiger partial charge in [-0.05, 0) is 40.5 Å². The van der Waals surface area contributed by atoms with E-state index in [1.54, 1.807) is 12.2 Å². The lowest BCUT2D eigenvalue weighted by Gasteiger charge is -2.31. The fourth-order valence-electron chi connectivity index (χ4n) is 3.00. The van der Waals surface area contributed by atoms with Gasteiger partial charge in [-0.15, -0.1) is 26.3 Å². The summed E-state index contributed by atoms with van der Waals surface area (Å²) in [7, 11) is 0. The first-order chi connectivity index (χ1) is 11.7. The number of ether oxygens (including phenoxy) is 4. The third-order valence-electron chi connectivity index (χ3n) is 3.85. The van der Waals surface area contributed by atoms with Crippen molar-refractivity contribution in [3.8, 4) is 0 Å². The maximum absolute atomic E-state index is 6.21. The van der Waals surface area contributed by atoms with E-state index in [9.17, 15) is 0 Å². The molecule has 1 fully saturated rings. The Morgan fingerprint density at radius 2 is 1.28 bits per heavy atom. The summed E-state index contributed by atoms with van der Waals surface area (Å²) in [5.74, 6) is -0.703. The Hall–Kier alpha value is -1.20. The summed E-state index contributed by atoms with van der Waals surface area (Å²) in [5.41, 5.74) is 2.06. The van der Waals surface area contributed by atoms with Gasteiger partial charge < -0.3 is 18.9 Å². The van der Waals surface area contributed by atoms with Crippen molar-refractivity contribution in [2.24, 2.45) is 0 Å². The topological polar surface area (TPSA) is 36.9 Å². The molecule has 1 aliphatic rings. The Kier molecular flexibility index (Phi) is 8.80. The summed E-state index contributed by atoms with van der Waals surface area (Å²) in [4.78, 5) is 0. The minimum absolute atomic E-state index is 0.178. The van der Waals surface area contributed by atoms with Crippen LogP contribution < -0.4 is 0 Å². The van der Waals surface area contributed by atoms with Crippen LogP contribution in [-0.2, 0) is 18.9 Å². The normalized spacial score (nSPS) is 24.5. The van der Waals surface area contributed by atoms with Crippen molar-refractivity contribution >= 4 is 0 Å². The molecule has 25 heavy (non-hydrogen) atoms. The second-order valence-electron chi connectivity index (χ2n) is 7.21. The second-order valence-corrected chi connectivity index (χ2v) is 7.21. The Morgan fingerprint density at radius 1 is 0.920 bits per heavy atom. The average Bonchev–Trinajstić information content (AvgIpc) is 2.82. The molecule has 0 bridgehead atoms. The molecule has 1 aliphatic heterocycles. The zero-order valence-corrected chi connectivity index (χ0v) is 16.3. The molecule has 4 atom stereocenters. The molecule has 0 amide bonds. The monoisotopic (exact) mass is 350 g/mol. The molecule has 0 N–H and O–H groups in total. The molecular weight excluding hydrogens is 316 g/mol. The quantitative estimate of drug-likeness (QED) is 0.483. The van der Waals surface area contributed by atoms with Crippen LogP contribution in [0.2, 0.25) is 0 Å². The van der Waals surface area contributed by atoms with Gasteiger partial charge in [0.25, 0.3) is 0 Å². The van der Waals surface area contributed by atoms with E-state index in [0.29, 0.717) is 26.1 Å². The molecular formula is C21H34O4. The molecule has 0 radical (unpaired) electrons. The van der Waals surface area contributed by atoms with Gasteiger partial charge in [0.05, 0.1) is 25.4 Å². The molecule has 0 aliphatic carbocycles. The van der Waals surface area contributed by atoms with Crippen LogP contribution >= 0.6 is 0 Å². The maximum atomic E-state index is 6.21. The van der Waals surface area contributed by atoms with Crippen molar-refractivity contribution in [2.75, 3.05) is 13.2 Å². The molecule has 1 heterocycles. The average molecular weight is 350 g/mol. The zero-order valence-electron chi connectivity index (χ0n) is 16.3.